The summed E-state index contributed by atoms with van der Waals surface area (Å²) in [6.45, 7) is 6.52. The average molecular weight is 462 g/mol. The van der Waals surface area contributed by atoms with Crippen molar-refractivity contribution in [1.82, 2.24) is 19.0 Å². The average Bonchev–Trinajstić information content (AvgIpc) is 2.98. The fraction of sp³-hybridized carbons (Fsp3) is 0.476. The summed E-state index contributed by atoms with van der Waals surface area (Å²) in [7, 11) is -0.188. The molecule has 0 spiro atoms. The Kier molecular flexibility index (Phi) is 4.61. The zero-order chi connectivity index (χ0) is 21.6. The number of carbonyl (C=O) groups is 1. The third kappa shape index (κ3) is 3.66. The smallest absolute Gasteiger partial charge is 0.410 e. The summed E-state index contributed by atoms with van der Waals surface area (Å²) < 4.78 is 17.5. The maximum Gasteiger partial charge on any atom is 0.410 e. The van der Waals surface area contributed by atoms with E-state index >= 15 is 0 Å². The molecule has 1 amide bonds. The Morgan fingerprint density at radius 1 is 1.38 bits per heavy atom. The van der Waals surface area contributed by atoms with E-state index in [1.165, 1.54) is 4.57 Å². The molecule has 0 radical (unpaired) electrons. The minimum absolute atomic E-state index is 0.188. The molecule has 1 atom stereocenters. The maximum absolute atomic E-state index is 13.3. The van der Waals surface area contributed by atoms with Crippen molar-refractivity contribution in [3.05, 3.63) is 39.4 Å². The molecule has 1 aromatic carbocycles. The second-order valence-electron chi connectivity index (χ2n) is 8.46. The van der Waals surface area contributed by atoms with Crippen LogP contribution >= 0.6 is 15.9 Å². The van der Waals surface area contributed by atoms with Gasteiger partial charge in [-0.15, -0.1) is 0 Å². The maximum atomic E-state index is 13.3. The number of benzene rings is 1. The van der Waals surface area contributed by atoms with Gasteiger partial charge >= 0.3 is 11.8 Å². The number of aromatic nitrogens is 3. The van der Waals surface area contributed by atoms with Gasteiger partial charge in [-0.25, -0.2) is 9.59 Å². The number of piperidine rings is 1. The lowest BCUT2D eigenvalue weighted by molar-refractivity contribution is 0.0173. The van der Waals surface area contributed by atoms with Crippen LogP contribution in [-0.4, -0.2) is 43.8 Å². The van der Waals surface area contributed by atoms with Crippen molar-refractivity contribution in [3.63, 3.8) is 0 Å². The summed E-state index contributed by atoms with van der Waals surface area (Å²) in [5.41, 5.74) is 1.35. The van der Waals surface area contributed by atoms with Crippen molar-refractivity contribution in [2.24, 2.45) is 7.02 Å². The highest BCUT2D eigenvalue weighted by Gasteiger charge is 2.31. The molecule has 8 heteroatoms. The first kappa shape index (κ1) is 18.7. The van der Waals surface area contributed by atoms with Crippen molar-refractivity contribution >= 4 is 44.0 Å². The summed E-state index contributed by atoms with van der Waals surface area (Å²) >= 11 is 3.51. The Labute approximate surface area is 178 Å². The minimum Gasteiger partial charge on any atom is -0.444 e. The first-order chi connectivity index (χ1) is 14.2. The van der Waals surface area contributed by atoms with E-state index in [-0.39, 0.29) is 24.8 Å². The van der Waals surface area contributed by atoms with Gasteiger partial charge in [0, 0.05) is 31.3 Å². The number of hydrogen-bond donors (Lipinski definition) is 0. The number of hydrogen-bond acceptors (Lipinski definition) is 4. The molecule has 0 saturated carbocycles. The Morgan fingerprint density at radius 2 is 2.17 bits per heavy atom. The Hall–Kier alpha value is -2.35. The molecule has 7 nitrogen and oxygen atoms in total. The van der Waals surface area contributed by atoms with Crippen molar-refractivity contribution in [2.45, 2.75) is 45.3 Å². The van der Waals surface area contributed by atoms with Crippen LogP contribution in [0.15, 0.2) is 33.7 Å². The Bertz CT molecular complexity index is 1180. The van der Waals surface area contributed by atoms with Gasteiger partial charge in [0.2, 0.25) is 0 Å². The summed E-state index contributed by atoms with van der Waals surface area (Å²) in [5, 5.41) is 0.848. The lowest BCUT2D eigenvalue weighted by Gasteiger charge is -2.34. The highest BCUT2D eigenvalue weighted by atomic mass is 79.9. The molecule has 1 saturated heterocycles. The lowest BCUT2D eigenvalue weighted by atomic mass is 10.1. The van der Waals surface area contributed by atoms with E-state index in [4.69, 9.17) is 6.11 Å². The number of nitrogens with zero attached hydrogens (tertiary/aromatic N) is 4. The molecule has 4 rings (SSSR count). The number of rotatable bonds is 1. The Morgan fingerprint density at radius 3 is 2.90 bits per heavy atom. The molecule has 3 heterocycles. The zero-order valence-corrected chi connectivity index (χ0v) is 18.4. The third-order valence-electron chi connectivity index (χ3n) is 5.16. The number of halogens is 1. The quantitative estimate of drug-likeness (QED) is 0.543. The summed E-state index contributed by atoms with van der Waals surface area (Å²) in [4.78, 5) is 32.1. The zero-order valence-electron chi connectivity index (χ0n) is 17.8. The number of aryl methyl sites for hydroxylation is 1. The van der Waals surface area contributed by atoms with Crippen molar-refractivity contribution in [1.29, 1.82) is 0 Å². The van der Waals surface area contributed by atoms with Crippen LogP contribution in [0, 0.1) is 0 Å². The topological polar surface area (TPSA) is 69.4 Å². The monoisotopic (exact) mass is 461 g/mol. The van der Waals surface area contributed by atoms with Crippen LogP contribution in [0.3, 0.4) is 0 Å². The molecule has 2 aromatic heterocycles. The van der Waals surface area contributed by atoms with Gasteiger partial charge < -0.3 is 9.64 Å². The van der Waals surface area contributed by atoms with Gasteiger partial charge in [0.1, 0.15) is 5.60 Å². The number of carbonyl (C=O) groups excluding carboxylic acids is 1. The molecule has 3 aromatic rings. The van der Waals surface area contributed by atoms with Crippen LogP contribution < -0.4 is 5.69 Å². The van der Waals surface area contributed by atoms with Crippen LogP contribution in [-0.2, 0) is 11.8 Å². The molecule has 1 aliphatic heterocycles. The van der Waals surface area contributed by atoms with Gasteiger partial charge in [-0.3, -0.25) is 14.1 Å². The van der Waals surface area contributed by atoms with E-state index in [0.717, 1.165) is 33.7 Å². The van der Waals surface area contributed by atoms with Crippen LogP contribution in [0.2, 0.25) is 0 Å². The summed E-state index contributed by atoms with van der Waals surface area (Å²) in [6, 6.07) is 5.57. The third-order valence-corrected chi connectivity index (χ3v) is 5.66. The number of likely N-dealkylation sites (tertiary alicyclic amines) is 1. The molecule has 0 aliphatic carbocycles. The molecule has 1 unspecified atom stereocenters. The van der Waals surface area contributed by atoms with Crippen LogP contribution in [0.5, 0.6) is 0 Å². The molecule has 0 N–H and O–H groups in total. The SMILES string of the molecule is [2H]Cn1c(=O)n(C2CCCN(C(=O)OC(C)(C)C)C2)c2c3cc(Br)ccc3ncc21. The van der Waals surface area contributed by atoms with E-state index in [9.17, 15) is 9.59 Å². The van der Waals surface area contributed by atoms with E-state index in [2.05, 4.69) is 20.9 Å². The van der Waals surface area contributed by atoms with Crippen molar-refractivity contribution in [3.8, 4) is 0 Å². The lowest BCUT2D eigenvalue weighted by Crippen LogP contribution is -2.45. The standard InChI is InChI=1S/C21H25BrN4O3/c1-21(2,3)29-20(28)25-9-5-6-14(12-25)26-18-15-10-13(22)7-8-16(15)23-11-17(18)24(4)19(26)27/h7-8,10-11,14H,5-6,9,12H2,1-4H3/i4D. The Balaban J connectivity index is 1.83. The number of amides is 1. The number of imidazole rings is 1. The number of fused-ring (bicyclic) bond motifs is 3. The molecule has 1 fully saturated rings. The van der Waals surface area contributed by atoms with Crippen molar-refractivity contribution in [2.75, 3.05) is 13.1 Å². The van der Waals surface area contributed by atoms with Crippen molar-refractivity contribution < 1.29 is 10.9 Å². The second-order valence-corrected chi connectivity index (χ2v) is 9.37. The molecule has 1 aliphatic rings. The predicted molar refractivity (Wildman–Crippen MR) is 116 cm³/mol. The summed E-state index contributed by atoms with van der Waals surface area (Å²) in [5.74, 6) is 0. The van der Waals surface area contributed by atoms with E-state index in [1.54, 1.807) is 15.7 Å². The van der Waals surface area contributed by atoms with Gasteiger partial charge in [-0.05, 0) is 51.8 Å². The molecule has 0 bridgehead atoms. The van der Waals surface area contributed by atoms with E-state index in [1.807, 2.05) is 39.0 Å². The van der Waals surface area contributed by atoms with Crippen LogP contribution in [0.4, 0.5) is 4.79 Å². The first-order valence-electron chi connectivity index (χ1n) is 10.4. The van der Waals surface area contributed by atoms with Gasteiger partial charge in [-0.2, -0.15) is 0 Å². The molecule has 154 valence electrons. The van der Waals surface area contributed by atoms with Gasteiger partial charge in [0.25, 0.3) is 0 Å². The first-order valence-corrected chi connectivity index (χ1v) is 10.4. The van der Waals surface area contributed by atoms with Crippen LogP contribution in [0.25, 0.3) is 21.9 Å². The molecule has 29 heavy (non-hydrogen) atoms. The van der Waals surface area contributed by atoms with Crippen LogP contribution in [0.1, 0.15) is 41.0 Å². The molecular formula is C21H25BrN4O3. The fourth-order valence-electron chi connectivity index (χ4n) is 3.92. The predicted octanol–water partition coefficient (Wildman–Crippen LogP) is 4.22. The highest BCUT2D eigenvalue weighted by Crippen LogP contribution is 2.30. The highest BCUT2D eigenvalue weighted by molar-refractivity contribution is 9.10. The second kappa shape index (κ2) is 7.16. The molecular weight excluding hydrogens is 436 g/mol. The fourth-order valence-corrected chi connectivity index (χ4v) is 4.28. The minimum atomic E-state index is -0.573. The summed E-state index contributed by atoms with van der Waals surface area (Å²) in [6.07, 6.45) is 2.84. The van der Waals surface area contributed by atoms with Gasteiger partial charge in [0.15, 0.2) is 0 Å². The normalized spacial score (nSPS) is 18.3. The van der Waals surface area contributed by atoms with Gasteiger partial charge in [-0.1, -0.05) is 15.9 Å². The largest absolute Gasteiger partial charge is 0.444 e. The van der Waals surface area contributed by atoms with Gasteiger partial charge in [0.05, 0.1) is 28.8 Å². The number of ether oxygens (including phenoxy) is 1. The van der Waals surface area contributed by atoms with E-state index in [0.29, 0.717) is 18.6 Å². The number of pyridine rings is 1. The van der Waals surface area contributed by atoms with E-state index < -0.39 is 5.60 Å².